The van der Waals surface area contributed by atoms with Gasteiger partial charge in [0.15, 0.2) is 0 Å². The van der Waals surface area contributed by atoms with E-state index in [1.807, 2.05) is 0 Å². The molecular weight excluding hydrogens is 358 g/mol. The van der Waals surface area contributed by atoms with Gasteiger partial charge in [0, 0.05) is 73.2 Å². The summed E-state index contributed by atoms with van der Waals surface area (Å²) < 4.78 is 0. The van der Waals surface area contributed by atoms with Gasteiger partial charge in [0.05, 0.1) is 0 Å². The van der Waals surface area contributed by atoms with Crippen molar-refractivity contribution in [1.82, 2.24) is 0 Å². The second-order valence-corrected chi connectivity index (χ2v) is 0. The standard InChI is InChI=1S/6ClH.K.Pd.H2/h6*1H;;;1H/p-6. The number of rotatable bonds is 0. The molecule has 0 aliphatic heterocycles. The van der Waals surface area contributed by atoms with Gasteiger partial charge in [-0.25, -0.2) is 0 Å². The van der Waals surface area contributed by atoms with Crippen molar-refractivity contribution in [1.29, 1.82) is 0 Å². The molecule has 0 amide bonds. The van der Waals surface area contributed by atoms with E-state index in [-0.39, 0.29) is 148 Å². The van der Waals surface area contributed by atoms with Crippen LogP contribution in [0, 0.1) is 0 Å². The van der Waals surface area contributed by atoms with Gasteiger partial charge in [-0.15, -0.1) is 0 Å². The van der Waals surface area contributed by atoms with Crippen molar-refractivity contribution in [3.05, 3.63) is 0 Å². The van der Waals surface area contributed by atoms with Gasteiger partial charge < -0.3 is 74.4 Å². The third kappa shape index (κ3) is 50.3. The molecule has 0 heterocycles. The summed E-state index contributed by atoms with van der Waals surface area (Å²) in [5.74, 6) is 0. The van der Waals surface area contributed by atoms with Crippen LogP contribution in [0.3, 0.4) is 0 Å². The van der Waals surface area contributed by atoms with Crippen LogP contribution in [0.1, 0.15) is 1.43 Å². The smallest absolute Gasteiger partial charge is 0 e. The van der Waals surface area contributed by atoms with Crippen LogP contribution in [0.15, 0.2) is 0 Å². The summed E-state index contributed by atoms with van der Waals surface area (Å²) in [6, 6.07) is 0. The molecule has 0 unspecified atom stereocenters. The molecule has 0 aromatic rings. The van der Waals surface area contributed by atoms with Gasteiger partial charge in [-0.05, 0) is 0 Å². The van der Waals surface area contributed by atoms with Crippen LogP contribution in [0.25, 0.3) is 0 Å². The van der Waals surface area contributed by atoms with Crippen LogP contribution in [0.5, 0.6) is 0 Å². The van der Waals surface area contributed by atoms with Gasteiger partial charge in [0.25, 0.3) is 0 Å². The second kappa shape index (κ2) is 68.2. The molecule has 0 spiro atoms. The van der Waals surface area contributed by atoms with Gasteiger partial charge in [0.1, 0.15) is 0 Å². The van der Waals surface area contributed by atoms with Gasteiger partial charge in [-0.3, -0.25) is 0 Å². The first-order valence-corrected chi connectivity index (χ1v) is 0. The molecule has 0 nitrogen and oxygen atoms in total. The maximum absolute atomic E-state index is 0. The molecule has 0 aliphatic rings. The van der Waals surface area contributed by atoms with Crippen molar-refractivity contribution in [3.8, 4) is 0 Å². The number of halogens is 6. The Bertz CT molecular complexity index is 13.0. The van der Waals surface area contributed by atoms with Gasteiger partial charge in [0.2, 0.25) is 0 Å². The fourth-order valence-electron chi connectivity index (χ4n) is 0. The van der Waals surface area contributed by atoms with E-state index >= 15 is 0 Å². The number of hydrogen-bond acceptors (Lipinski definition) is 0. The third-order valence-corrected chi connectivity index (χ3v) is 0. The van der Waals surface area contributed by atoms with Crippen molar-refractivity contribution in [3.63, 3.8) is 0 Å². The van der Waals surface area contributed by atoms with Crippen LogP contribution in [0.4, 0.5) is 0 Å². The second-order valence-electron chi connectivity index (χ2n) is 0. The minimum absolute atomic E-state index is 0. The number of hydrogen-bond donors (Lipinski definition) is 0. The summed E-state index contributed by atoms with van der Waals surface area (Å²) >= 11 is 0. The average molecular weight is 360 g/mol. The molecule has 1 radical (unpaired) electrons. The Labute approximate surface area is 144 Å². The van der Waals surface area contributed by atoms with Crippen LogP contribution >= 0.6 is 0 Å². The molecule has 0 fully saturated rings. The molecule has 0 N–H and O–H groups in total. The summed E-state index contributed by atoms with van der Waals surface area (Å²) in [4.78, 5) is 0. The molecule has 8 heteroatoms. The predicted octanol–water partition coefficient (Wildman–Crippen LogP) is -18.1. The largest absolute Gasteiger partial charge is 1.00 e. The summed E-state index contributed by atoms with van der Waals surface area (Å²) in [5.41, 5.74) is 0. The van der Waals surface area contributed by atoms with E-state index in [2.05, 4.69) is 0 Å². The third-order valence-electron chi connectivity index (χ3n) is 0. The molecule has 0 atom stereocenters. The quantitative estimate of drug-likeness (QED) is 0.377. The first kappa shape index (κ1) is 89.9. The molecule has 0 aliphatic carbocycles. The Balaban J connectivity index is 0. The molecular formula is H2Cl6KPd-6. The Morgan fingerprint density at radius 2 is 0.500 bits per heavy atom. The van der Waals surface area contributed by atoms with Crippen LogP contribution in [0.2, 0.25) is 0 Å². The maximum atomic E-state index is 0. The van der Waals surface area contributed by atoms with Crippen LogP contribution in [-0.2, 0) is 20.4 Å². The molecule has 0 saturated carbocycles. The first-order chi connectivity index (χ1) is 0. The molecule has 8 heavy (non-hydrogen) atoms. The van der Waals surface area contributed by atoms with E-state index in [1.54, 1.807) is 0 Å². The fraction of sp³-hybridized carbons (Fsp3) is 0. The zero-order chi connectivity index (χ0) is 0. The normalized spacial score (nSPS) is 0. The average Bonchev–Trinajstić information content (AvgIpc) is 0. The molecule has 61 valence electrons. The first-order valence-electron chi connectivity index (χ1n) is 0. The predicted molar refractivity (Wildman–Crippen MR) is 7.87 cm³/mol. The van der Waals surface area contributed by atoms with Gasteiger partial charge >= 0.3 is 0 Å². The topological polar surface area (TPSA) is 0 Å². The maximum Gasteiger partial charge on any atom is 0 e. The van der Waals surface area contributed by atoms with Gasteiger partial charge in [-0.1, -0.05) is 0 Å². The molecule has 0 aromatic carbocycles. The zero-order valence-electron chi connectivity index (χ0n) is 3.58. The summed E-state index contributed by atoms with van der Waals surface area (Å²) in [5, 5.41) is 0. The van der Waals surface area contributed by atoms with Crippen molar-refractivity contribution in [2.45, 2.75) is 0 Å². The van der Waals surface area contributed by atoms with Crippen molar-refractivity contribution in [2.75, 3.05) is 0 Å². The zero-order valence-corrected chi connectivity index (χ0v) is 12.8. The van der Waals surface area contributed by atoms with E-state index in [4.69, 9.17) is 0 Å². The minimum atomic E-state index is 0. The molecule has 0 rings (SSSR count). The fourth-order valence-corrected chi connectivity index (χ4v) is 0. The van der Waals surface area contributed by atoms with Crippen LogP contribution < -0.4 is 74.4 Å². The Kier molecular flexibility index (Phi) is 767. The monoisotopic (exact) mass is 357 g/mol. The summed E-state index contributed by atoms with van der Waals surface area (Å²) in [6.07, 6.45) is 0. The van der Waals surface area contributed by atoms with E-state index in [1.165, 1.54) is 0 Å². The molecule has 0 bridgehead atoms. The van der Waals surface area contributed by atoms with Crippen molar-refractivity contribution < 1.29 is 96.3 Å². The Morgan fingerprint density at radius 1 is 0.500 bits per heavy atom. The van der Waals surface area contributed by atoms with E-state index in [0.29, 0.717) is 0 Å². The summed E-state index contributed by atoms with van der Waals surface area (Å²) in [6.45, 7) is 0. The SMILES string of the molecule is [Cl-].[Cl-].[Cl-].[Cl-].[Cl-].[Cl-].[HH].[K].[Pd]. The Morgan fingerprint density at radius 3 is 0.500 bits per heavy atom. The van der Waals surface area contributed by atoms with Crippen molar-refractivity contribution in [2.24, 2.45) is 0 Å². The van der Waals surface area contributed by atoms with Crippen LogP contribution in [-0.4, -0.2) is 51.4 Å². The summed E-state index contributed by atoms with van der Waals surface area (Å²) in [7, 11) is 0. The van der Waals surface area contributed by atoms with Gasteiger partial charge in [-0.2, -0.15) is 0 Å². The van der Waals surface area contributed by atoms with Crippen molar-refractivity contribution >= 4 is 51.4 Å². The molecule has 0 aromatic heterocycles. The van der Waals surface area contributed by atoms with E-state index in [9.17, 15) is 0 Å². The minimum Gasteiger partial charge on any atom is -1.00 e. The van der Waals surface area contributed by atoms with E-state index in [0.717, 1.165) is 0 Å². The molecule has 0 saturated heterocycles. The Hall–Kier alpha value is 4.04. The van der Waals surface area contributed by atoms with E-state index < -0.39 is 0 Å².